The van der Waals surface area contributed by atoms with Crippen LogP contribution in [0.3, 0.4) is 0 Å². The van der Waals surface area contributed by atoms with E-state index in [2.05, 4.69) is 5.32 Å². The van der Waals surface area contributed by atoms with E-state index >= 15 is 0 Å². The van der Waals surface area contributed by atoms with Crippen LogP contribution >= 0.6 is 0 Å². The number of carbonyl (C=O) groups excluding carboxylic acids is 2. The number of carbonyl (C=O) groups is 2. The molecule has 0 spiro atoms. The van der Waals surface area contributed by atoms with Crippen molar-refractivity contribution in [2.24, 2.45) is 5.92 Å². The molecular weight excluding hydrogens is 266 g/mol. The molecule has 5 heteroatoms. The second-order valence-electron chi connectivity index (χ2n) is 5.74. The third-order valence-electron chi connectivity index (χ3n) is 3.93. The van der Waals surface area contributed by atoms with Crippen LogP contribution in [0.25, 0.3) is 0 Å². The summed E-state index contributed by atoms with van der Waals surface area (Å²) >= 11 is 0. The lowest BCUT2D eigenvalue weighted by molar-refractivity contribution is -0.138. The molecule has 3 N–H and O–H groups in total. The zero-order valence-electron chi connectivity index (χ0n) is 12.7. The van der Waals surface area contributed by atoms with Crippen LogP contribution in [0.2, 0.25) is 0 Å². The Morgan fingerprint density at radius 1 is 1.48 bits per heavy atom. The second-order valence-corrected chi connectivity index (χ2v) is 5.74. The zero-order chi connectivity index (χ0) is 15.4. The second kappa shape index (κ2) is 6.61. The average Bonchev–Trinajstić information content (AvgIpc) is 2.43. The lowest BCUT2D eigenvalue weighted by atomic mass is 9.99. The van der Waals surface area contributed by atoms with Gasteiger partial charge in [0, 0.05) is 36.8 Å². The highest BCUT2D eigenvalue weighted by atomic mass is 16.2. The van der Waals surface area contributed by atoms with E-state index in [1.807, 2.05) is 19.9 Å². The molecule has 1 heterocycles. The van der Waals surface area contributed by atoms with Crippen molar-refractivity contribution in [2.75, 3.05) is 24.1 Å². The van der Waals surface area contributed by atoms with E-state index in [9.17, 15) is 9.59 Å². The van der Waals surface area contributed by atoms with Crippen LogP contribution < -0.4 is 11.1 Å². The minimum Gasteiger partial charge on any atom is -0.399 e. The van der Waals surface area contributed by atoms with Gasteiger partial charge >= 0.3 is 0 Å². The quantitative estimate of drug-likeness (QED) is 0.834. The van der Waals surface area contributed by atoms with Gasteiger partial charge in [0.2, 0.25) is 11.8 Å². The van der Waals surface area contributed by atoms with Gasteiger partial charge in [0.25, 0.3) is 0 Å². The molecular formula is C16H23N3O2. The summed E-state index contributed by atoms with van der Waals surface area (Å²) in [6.07, 6.45) is 2.29. The molecule has 0 radical (unpaired) electrons. The van der Waals surface area contributed by atoms with Gasteiger partial charge in [0.1, 0.15) is 0 Å². The number of hydrogen-bond acceptors (Lipinski definition) is 3. The molecule has 2 rings (SSSR count). The first-order chi connectivity index (χ1) is 9.97. The van der Waals surface area contributed by atoms with Crippen molar-refractivity contribution in [3.63, 3.8) is 0 Å². The third kappa shape index (κ3) is 3.97. The molecule has 1 aliphatic heterocycles. The Morgan fingerprint density at radius 2 is 2.24 bits per heavy atom. The Hall–Kier alpha value is -2.04. The number of piperidine rings is 1. The van der Waals surface area contributed by atoms with Gasteiger partial charge in [0.15, 0.2) is 0 Å². The van der Waals surface area contributed by atoms with Gasteiger partial charge in [-0.25, -0.2) is 0 Å². The average molecular weight is 289 g/mol. The van der Waals surface area contributed by atoms with Crippen molar-refractivity contribution in [2.45, 2.75) is 33.1 Å². The molecule has 5 nitrogen and oxygen atoms in total. The molecule has 1 saturated heterocycles. The van der Waals surface area contributed by atoms with Crippen molar-refractivity contribution in [1.29, 1.82) is 0 Å². The predicted octanol–water partition coefficient (Wildman–Crippen LogP) is 2.16. The van der Waals surface area contributed by atoms with E-state index in [0.29, 0.717) is 18.7 Å². The number of nitrogens with one attached hydrogen (secondary N) is 1. The van der Waals surface area contributed by atoms with E-state index in [1.165, 1.54) is 0 Å². The van der Waals surface area contributed by atoms with Crippen LogP contribution in [0.5, 0.6) is 0 Å². The van der Waals surface area contributed by atoms with Crippen molar-refractivity contribution in [3.8, 4) is 0 Å². The van der Waals surface area contributed by atoms with Gasteiger partial charge in [-0.15, -0.1) is 0 Å². The summed E-state index contributed by atoms with van der Waals surface area (Å²) in [4.78, 5) is 25.8. The van der Waals surface area contributed by atoms with Gasteiger partial charge < -0.3 is 16.0 Å². The Balaban J connectivity index is 1.86. The topological polar surface area (TPSA) is 75.4 Å². The highest BCUT2D eigenvalue weighted by Gasteiger charge is 2.25. The summed E-state index contributed by atoms with van der Waals surface area (Å²) in [7, 11) is 0. The first-order valence-electron chi connectivity index (χ1n) is 7.42. The molecule has 0 bridgehead atoms. The SMILES string of the molecule is Cc1cc(N)ccc1NC(=O)CCN1CCCC(C)C1=O. The maximum absolute atomic E-state index is 12.0. The number of amides is 2. The number of nitrogens with two attached hydrogens (primary N) is 1. The maximum atomic E-state index is 12.0. The summed E-state index contributed by atoms with van der Waals surface area (Å²) in [5, 5.41) is 2.87. The number of anilines is 2. The van der Waals surface area contributed by atoms with Crippen LogP contribution in [0.15, 0.2) is 18.2 Å². The number of nitrogen functional groups attached to an aromatic ring is 1. The number of aryl methyl sites for hydroxylation is 1. The summed E-state index contributed by atoms with van der Waals surface area (Å²) in [5.74, 6) is 0.174. The molecule has 1 aromatic carbocycles. The van der Waals surface area contributed by atoms with Crippen molar-refractivity contribution in [1.82, 2.24) is 4.90 Å². The fourth-order valence-corrected chi connectivity index (χ4v) is 2.63. The first kappa shape index (κ1) is 15.4. The van der Waals surface area contributed by atoms with Crippen LogP contribution in [-0.2, 0) is 9.59 Å². The van der Waals surface area contributed by atoms with E-state index < -0.39 is 0 Å². The standard InChI is InChI=1S/C16H23N3O2/c1-11-4-3-8-19(16(11)21)9-7-15(20)18-14-6-5-13(17)10-12(14)2/h5-6,10-11H,3-4,7-9,17H2,1-2H3,(H,18,20). The third-order valence-corrected chi connectivity index (χ3v) is 3.93. The molecule has 1 aromatic rings. The van der Waals surface area contributed by atoms with Crippen molar-refractivity contribution in [3.05, 3.63) is 23.8 Å². The number of rotatable bonds is 4. The minimum atomic E-state index is -0.0751. The maximum Gasteiger partial charge on any atom is 0.226 e. The van der Waals surface area contributed by atoms with E-state index in [-0.39, 0.29) is 17.7 Å². The summed E-state index contributed by atoms with van der Waals surface area (Å²) in [5.41, 5.74) is 8.07. The van der Waals surface area contributed by atoms with E-state index in [0.717, 1.165) is 30.6 Å². The van der Waals surface area contributed by atoms with Crippen molar-refractivity contribution >= 4 is 23.2 Å². The summed E-state index contributed by atoms with van der Waals surface area (Å²) in [6.45, 7) is 5.11. The Kier molecular flexibility index (Phi) is 4.83. The molecule has 1 fully saturated rings. The molecule has 1 atom stereocenters. The monoisotopic (exact) mass is 289 g/mol. The van der Waals surface area contributed by atoms with Gasteiger partial charge in [-0.2, -0.15) is 0 Å². The van der Waals surface area contributed by atoms with Gasteiger partial charge in [-0.3, -0.25) is 9.59 Å². The lowest BCUT2D eigenvalue weighted by Gasteiger charge is -2.30. The largest absolute Gasteiger partial charge is 0.399 e. The number of likely N-dealkylation sites (tertiary alicyclic amines) is 1. The summed E-state index contributed by atoms with van der Waals surface area (Å²) in [6, 6.07) is 5.39. The fraction of sp³-hybridized carbons (Fsp3) is 0.500. The number of nitrogens with zero attached hydrogens (tertiary/aromatic N) is 1. The number of benzene rings is 1. The molecule has 1 aliphatic rings. The Bertz CT molecular complexity index is 542. The highest BCUT2D eigenvalue weighted by Crippen LogP contribution is 2.19. The smallest absolute Gasteiger partial charge is 0.226 e. The van der Waals surface area contributed by atoms with Gasteiger partial charge in [-0.05, 0) is 43.5 Å². The molecule has 0 aliphatic carbocycles. The fourth-order valence-electron chi connectivity index (χ4n) is 2.63. The van der Waals surface area contributed by atoms with Crippen LogP contribution in [0.4, 0.5) is 11.4 Å². The molecule has 0 aromatic heterocycles. The van der Waals surface area contributed by atoms with Crippen molar-refractivity contribution < 1.29 is 9.59 Å². The molecule has 114 valence electrons. The Labute approximate surface area is 125 Å². The molecule has 21 heavy (non-hydrogen) atoms. The summed E-state index contributed by atoms with van der Waals surface area (Å²) < 4.78 is 0. The van der Waals surface area contributed by atoms with Gasteiger partial charge in [-0.1, -0.05) is 6.92 Å². The Morgan fingerprint density at radius 3 is 2.95 bits per heavy atom. The first-order valence-corrected chi connectivity index (χ1v) is 7.42. The lowest BCUT2D eigenvalue weighted by Crippen LogP contribution is -2.41. The zero-order valence-corrected chi connectivity index (χ0v) is 12.7. The van der Waals surface area contributed by atoms with Gasteiger partial charge in [0.05, 0.1) is 0 Å². The van der Waals surface area contributed by atoms with Crippen LogP contribution in [0, 0.1) is 12.8 Å². The van der Waals surface area contributed by atoms with E-state index in [4.69, 9.17) is 5.73 Å². The number of hydrogen-bond donors (Lipinski definition) is 2. The minimum absolute atomic E-state index is 0.0751. The van der Waals surface area contributed by atoms with E-state index in [1.54, 1.807) is 17.0 Å². The molecule has 1 unspecified atom stereocenters. The molecule has 2 amide bonds. The highest BCUT2D eigenvalue weighted by molar-refractivity contribution is 5.92. The molecule has 0 saturated carbocycles. The van der Waals surface area contributed by atoms with Crippen LogP contribution in [0.1, 0.15) is 31.7 Å². The normalized spacial score (nSPS) is 18.7. The predicted molar refractivity (Wildman–Crippen MR) is 83.8 cm³/mol. The van der Waals surface area contributed by atoms with Crippen LogP contribution in [-0.4, -0.2) is 29.8 Å².